The molecule has 5 heteroatoms. The number of rotatable bonds is 2. The first kappa shape index (κ1) is 12.4. The van der Waals surface area contributed by atoms with Gasteiger partial charge in [0.05, 0.1) is 10.6 Å². The van der Waals surface area contributed by atoms with E-state index in [9.17, 15) is 0 Å². The fourth-order valence-electron chi connectivity index (χ4n) is 2.00. The van der Waals surface area contributed by atoms with Crippen LogP contribution in [0.2, 0.25) is 5.02 Å². The lowest BCUT2D eigenvalue weighted by Gasteiger charge is -2.09. The van der Waals surface area contributed by atoms with Crippen molar-refractivity contribution < 1.29 is 0 Å². The lowest BCUT2D eigenvalue weighted by atomic mass is 10.2. The van der Waals surface area contributed by atoms with Crippen molar-refractivity contribution in [2.75, 3.05) is 0 Å². The molecule has 0 N–H and O–H groups in total. The van der Waals surface area contributed by atoms with Gasteiger partial charge in [-0.25, -0.2) is 9.67 Å². The SMILES string of the molecule is Cc1ccsc1-c1ncnn1-c1cccc(Cl)c1C. The van der Waals surface area contributed by atoms with Crippen molar-refractivity contribution in [3.8, 4) is 16.4 Å². The smallest absolute Gasteiger partial charge is 0.173 e. The number of nitrogens with zero attached hydrogens (tertiary/aromatic N) is 3. The summed E-state index contributed by atoms with van der Waals surface area (Å²) in [4.78, 5) is 5.52. The van der Waals surface area contributed by atoms with Gasteiger partial charge in [-0.2, -0.15) is 5.10 Å². The molecule has 0 unspecified atom stereocenters. The van der Waals surface area contributed by atoms with Crippen LogP contribution in [0.25, 0.3) is 16.4 Å². The fourth-order valence-corrected chi connectivity index (χ4v) is 3.08. The van der Waals surface area contributed by atoms with Gasteiger partial charge >= 0.3 is 0 Å². The highest BCUT2D eigenvalue weighted by atomic mass is 35.5. The normalized spacial score (nSPS) is 10.9. The number of benzene rings is 1. The van der Waals surface area contributed by atoms with Gasteiger partial charge in [-0.3, -0.25) is 0 Å². The van der Waals surface area contributed by atoms with E-state index in [-0.39, 0.29) is 0 Å². The van der Waals surface area contributed by atoms with Crippen LogP contribution in [-0.2, 0) is 0 Å². The van der Waals surface area contributed by atoms with Gasteiger partial charge in [-0.15, -0.1) is 11.3 Å². The summed E-state index contributed by atoms with van der Waals surface area (Å²) < 4.78 is 1.85. The lowest BCUT2D eigenvalue weighted by molar-refractivity contribution is 0.880. The predicted molar refractivity (Wildman–Crippen MR) is 79.2 cm³/mol. The van der Waals surface area contributed by atoms with Crippen LogP contribution >= 0.6 is 22.9 Å². The largest absolute Gasteiger partial charge is 0.214 e. The second-order valence-electron chi connectivity index (χ2n) is 4.31. The van der Waals surface area contributed by atoms with Gasteiger partial charge in [0.25, 0.3) is 0 Å². The van der Waals surface area contributed by atoms with Crippen LogP contribution in [0, 0.1) is 13.8 Å². The van der Waals surface area contributed by atoms with Gasteiger partial charge < -0.3 is 0 Å². The maximum absolute atomic E-state index is 6.18. The minimum atomic E-state index is 0.738. The van der Waals surface area contributed by atoms with Crippen LogP contribution in [0.1, 0.15) is 11.1 Å². The van der Waals surface area contributed by atoms with Crippen molar-refractivity contribution in [1.29, 1.82) is 0 Å². The molecule has 3 nitrogen and oxygen atoms in total. The van der Waals surface area contributed by atoms with Gasteiger partial charge in [-0.05, 0) is 48.6 Å². The second kappa shape index (κ2) is 4.79. The van der Waals surface area contributed by atoms with E-state index >= 15 is 0 Å². The molecular weight excluding hydrogens is 278 g/mol. The van der Waals surface area contributed by atoms with Crippen molar-refractivity contribution in [3.63, 3.8) is 0 Å². The minimum absolute atomic E-state index is 0.738. The maximum atomic E-state index is 6.18. The first-order chi connectivity index (χ1) is 9.18. The zero-order chi connectivity index (χ0) is 13.4. The van der Waals surface area contributed by atoms with Crippen LogP contribution in [0.15, 0.2) is 36.0 Å². The third-order valence-corrected chi connectivity index (χ3v) is 4.50. The van der Waals surface area contributed by atoms with Crippen LogP contribution in [0.4, 0.5) is 0 Å². The van der Waals surface area contributed by atoms with E-state index < -0.39 is 0 Å². The predicted octanol–water partition coefficient (Wildman–Crippen LogP) is 4.27. The molecule has 0 atom stereocenters. The summed E-state index contributed by atoms with van der Waals surface area (Å²) in [5.41, 5.74) is 3.18. The van der Waals surface area contributed by atoms with Crippen LogP contribution < -0.4 is 0 Å². The Kier molecular flexibility index (Phi) is 3.12. The highest BCUT2D eigenvalue weighted by molar-refractivity contribution is 7.13. The van der Waals surface area contributed by atoms with Gasteiger partial charge in [-0.1, -0.05) is 17.7 Å². The minimum Gasteiger partial charge on any atom is -0.214 e. The van der Waals surface area contributed by atoms with E-state index in [0.29, 0.717) is 0 Å². The average Bonchev–Trinajstić information content (AvgIpc) is 3.01. The molecule has 19 heavy (non-hydrogen) atoms. The summed E-state index contributed by atoms with van der Waals surface area (Å²) >= 11 is 7.85. The molecule has 0 radical (unpaired) electrons. The van der Waals surface area contributed by atoms with Crippen molar-refractivity contribution in [1.82, 2.24) is 14.8 Å². The molecule has 1 aromatic carbocycles. The van der Waals surface area contributed by atoms with Crippen molar-refractivity contribution >= 4 is 22.9 Å². The summed E-state index contributed by atoms with van der Waals surface area (Å²) in [7, 11) is 0. The van der Waals surface area contributed by atoms with Gasteiger partial charge in [0.2, 0.25) is 0 Å². The first-order valence-corrected chi connectivity index (χ1v) is 7.14. The Hall–Kier alpha value is -1.65. The molecule has 0 amide bonds. The molecule has 0 bridgehead atoms. The Morgan fingerprint density at radius 3 is 2.79 bits per heavy atom. The molecule has 96 valence electrons. The van der Waals surface area contributed by atoms with Crippen molar-refractivity contribution in [3.05, 3.63) is 52.1 Å². The van der Waals surface area contributed by atoms with Crippen LogP contribution in [0.3, 0.4) is 0 Å². The molecule has 0 saturated heterocycles. The number of hydrogen-bond donors (Lipinski definition) is 0. The molecule has 0 spiro atoms. The zero-order valence-electron chi connectivity index (χ0n) is 10.6. The number of aryl methyl sites for hydroxylation is 1. The summed E-state index contributed by atoms with van der Waals surface area (Å²) in [5.74, 6) is 0.859. The van der Waals surface area contributed by atoms with Crippen LogP contribution in [0.5, 0.6) is 0 Å². The number of halogens is 1. The molecule has 2 aromatic heterocycles. The molecule has 0 saturated carbocycles. The van der Waals surface area contributed by atoms with E-state index in [0.717, 1.165) is 27.0 Å². The molecular formula is C14H12ClN3S. The molecule has 0 aliphatic rings. The third kappa shape index (κ3) is 2.07. The summed E-state index contributed by atoms with van der Waals surface area (Å²) in [6, 6.07) is 7.90. The Bertz CT molecular complexity index is 730. The van der Waals surface area contributed by atoms with Gasteiger partial charge in [0.15, 0.2) is 5.82 Å². The van der Waals surface area contributed by atoms with Crippen molar-refractivity contribution in [2.45, 2.75) is 13.8 Å². The van der Waals surface area contributed by atoms with Crippen LogP contribution in [-0.4, -0.2) is 14.8 Å². The van der Waals surface area contributed by atoms with Gasteiger partial charge in [0.1, 0.15) is 6.33 Å². The highest BCUT2D eigenvalue weighted by Crippen LogP contribution is 2.30. The Balaban J connectivity index is 2.21. The van der Waals surface area contributed by atoms with E-state index in [1.807, 2.05) is 29.8 Å². The second-order valence-corrected chi connectivity index (χ2v) is 5.64. The van der Waals surface area contributed by atoms with E-state index in [1.165, 1.54) is 5.56 Å². The Morgan fingerprint density at radius 1 is 1.21 bits per heavy atom. The number of hydrogen-bond acceptors (Lipinski definition) is 3. The van der Waals surface area contributed by atoms with E-state index in [4.69, 9.17) is 11.6 Å². The Morgan fingerprint density at radius 2 is 2.05 bits per heavy atom. The molecule has 3 aromatic rings. The molecule has 2 heterocycles. The van der Waals surface area contributed by atoms with E-state index in [2.05, 4.69) is 28.5 Å². The third-order valence-electron chi connectivity index (χ3n) is 3.08. The molecule has 0 aliphatic carbocycles. The molecule has 0 fully saturated rings. The molecule has 0 aliphatic heterocycles. The fraction of sp³-hybridized carbons (Fsp3) is 0.143. The average molecular weight is 290 g/mol. The summed E-state index contributed by atoms with van der Waals surface area (Å²) in [6.45, 7) is 4.07. The molecule has 3 rings (SSSR count). The Labute approximate surface area is 120 Å². The highest BCUT2D eigenvalue weighted by Gasteiger charge is 2.14. The first-order valence-electron chi connectivity index (χ1n) is 5.88. The number of thiophene rings is 1. The standard InChI is InChI=1S/C14H12ClN3S/c1-9-6-7-19-13(9)14-16-8-17-18(14)12-5-3-4-11(15)10(12)2/h3-8H,1-2H3. The summed E-state index contributed by atoms with van der Waals surface area (Å²) in [5, 5.41) is 7.14. The zero-order valence-corrected chi connectivity index (χ0v) is 12.2. The van der Waals surface area contributed by atoms with Crippen molar-refractivity contribution in [2.24, 2.45) is 0 Å². The quantitative estimate of drug-likeness (QED) is 0.705. The number of aromatic nitrogens is 3. The maximum Gasteiger partial charge on any atom is 0.173 e. The topological polar surface area (TPSA) is 30.7 Å². The lowest BCUT2D eigenvalue weighted by Crippen LogP contribution is -2.01. The van der Waals surface area contributed by atoms with Gasteiger partial charge in [0, 0.05) is 5.02 Å². The monoisotopic (exact) mass is 289 g/mol. The van der Waals surface area contributed by atoms with E-state index in [1.54, 1.807) is 17.7 Å². The summed E-state index contributed by atoms with van der Waals surface area (Å²) in [6.07, 6.45) is 1.58.